The number of aromatic nitrogens is 2. The number of anilines is 1. The van der Waals surface area contributed by atoms with E-state index < -0.39 is 17.6 Å². The van der Waals surface area contributed by atoms with Crippen LogP contribution in [-0.4, -0.2) is 53.5 Å². The molecule has 1 aliphatic heterocycles. The molecule has 2 amide bonds. The van der Waals surface area contributed by atoms with Gasteiger partial charge in [-0.3, -0.25) is 9.89 Å². The van der Waals surface area contributed by atoms with E-state index in [1.807, 2.05) is 20.8 Å². The predicted molar refractivity (Wildman–Crippen MR) is 111 cm³/mol. The molecular weight excluding hydrogens is 412 g/mol. The average Bonchev–Trinajstić information content (AvgIpc) is 3.10. The number of fused-ring (bicyclic) bond motifs is 1. The summed E-state index contributed by atoms with van der Waals surface area (Å²) in [6, 6.07) is 3.13. The highest BCUT2D eigenvalue weighted by Gasteiger charge is 2.30. The topological polar surface area (TPSA) is 106 Å². The van der Waals surface area contributed by atoms with E-state index in [4.69, 9.17) is 25.8 Å². The van der Waals surface area contributed by atoms with Gasteiger partial charge >= 0.3 is 6.09 Å². The van der Waals surface area contributed by atoms with Crippen molar-refractivity contribution >= 4 is 29.3 Å². The van der Waals surface area contributed by atoms with Crippen molar-refractivity contribution in [2.75, 3.05) is 26.1 Å². The number of halogens is 1. The van der Waals surface area contributed by atoms with Crippen LogP contribution in [0.1, 0.15) is 42.5 Å². The highest BCUT2D eigenvalue weighted by molar-refractivity contribution is 6.32. The third-order valence-electron chi connectivity index (χ3n) is 4.52. The van der Waals surface area contributed by atoms with Crippen LogP contribution in [0.3, 0.4) is 0 Å². The second kappa shape index (κ2) is 8.43. The summed E-state index contributed by atoms with van der Waals surface area (Å²) in [5.74, 6) is 0.336. The molecule has 2 N–H and O–H groups in total. The van der Waals surface area contributed by atoms with E-state index in [1.165, 1.54) is 14.2 Å². The van der Waals surface area contributed by atoms with Crippen LogP contribution in [-0.2, 0) is 17.7 Å². The molecule has 9 nitrogen and oxygen atoms in total. The molecule has 0 fully saturated rings. The Balaban J connectivity index is 1.82. The first-order valence-electron chi connectivity index (χ1n) is 9.40. The van der Waals surface area contributed by atoms with Crippen LogP contribution >= 0.6 is 11.6 Å². The van der Waals surface area contributed by atoms with Gasteiger partial charge in [0.15, 0.2) is 5.69 Å². The number of aromatic amines is 1. The number of amides is 2. The van der Waals surface area contributed by atoms with E-state index in [-0.39, 0.29) is 12.2 Å². The average molecular weight is 437 g/mol. The summed E-state index contributed by atoms with van der Waals surface area (Å²) in [7, 11) is 2.96. The maximum Gasteiger partial charge on any atom is 0.410 e. The van der Waals surface area contributed by atoms with Gasteiger partial charge in [-0.1, -0.05) is 11.6 Å². The fraction of sp³-hybridized carbons (Fsp3) is 0.450. The van der Waals surface area contributed by atoms with Gasteiger partial charge < -0.3 is 24.4 Å². The molecule has 0 atom stereocenters. The minimum Gasteiger partial charge on any atom is -0.495 e. The van der Waals surface area contributed by atoms with Crippen LogP contribution in [0.15, 0.2) is 12.1 Å². The lowest BCUT2D eigenvalue weighted by Crippen LogP contribution is -2.40. The lowest BCUT2D eigenvalue weighted by atomic mass is 10.1. The number of rotatable bonds is 4. The molecule has 30 heavy (non-hydrogen) atoms. The van der Waals surface area contributed by atoms with Gasteiger partial charge in [0.1, 0.15) is 17.1 Å². The standard InChI is InChI=1S/C20H25ClN4O5/c1-20(2,3)30-19(27)25-7-6-13-11(10-25)17(24-23-13)18(26)22-14-9-15(28-4)12(21)8-16(14)29-5/h8-9H,6-7,10H2,1-5H3,(H,22,26)(H,23,24). The molecule has 0 saturated heterocycles. The Morgan fingerprint density at radius 1 is 1.20 bits per heavy atom. The first-order valence-corrected chi connectivity index (χ1v) is 9.77. The van der Waals surface area contributed by atoms with E-state index in [0.717, 1.165) is 5.69 Å². The van der Waals surface area contributed by atoms with Gasteiger partial charge in [0.05, 0.1) is 31.5 Å². The Kier molecular flexibility index (Phi) is 6.12. The Bertz CT molecular complexity index is 967. The van der Waals surface area contributed by atoms with Crippen molar-refractivity contribution in [2.24, 2.45) is 0 Å². The first kappa shape index (κ1) is 21.8. The van der Waals surface area contributed by atoms with E-state index in [1.54, 1.807) is 17.0 Å². The monoisotopic (exact) mass is 436 g/mol. The summed E-state index contributed by atoms with van der Waals surface area (Å²) in [6.45, 7) is 6.14. The molecule has 0 saturated carbocycles. The maximum atomic E-state index is 12.9. The number of carbonyl (C=O) groups excluding carboxylic acids is 2. The highest BCUT2D eigenvalue weighted by Crippen LogP contribution is 2.36. The summed E-state index contributed by atoms with van der Waals surface area (Å²) in [6.07, 6.45) is 0.122. The van der Waals surface area contributed by atoms with Crippen LogP contribution in [0.2, 0.25) is 5.02 Å². The summed E-state index contributed by atoms with van der Waals surface area (Å²) in [5, 5.41) is 10.2. The molecule has 0 aliphatic carbocycles. The summed E-state index contributed by atoms with van der Waals surface area (Å²) < 4.78 is 16.0. The maximum absolute atomic E-state index is 12.9. The van der Waals surface area contributed by atoms with Gasteiger partial charge in [-0.25, -0.2) is 4.79 Å². The molecule has 0 bridgehead atoms. The van der Waals surface area contributed by atoms with Gasteiger partial charge in [-0.2, -0.15) is 5.10 Å². The predicted octanol–water partition coefficient (Wildman–Crippen LogP) is 3.63. The third kappa shape index (κ3) is 4.62. The van der Waals surface area contributed by atoms with E-state index >= 15 is 0 Å². The number of hydrogen-bond acceptors (Lipinski definition) is 6. The fourth-order valence-corrected chi connectivity index (χ4v) is 3.34. The van der Waals surface area contributed by atoms with Gasteiger partial charge in [0.2, 0.25) is 0 Å². The molecule has 3 rings (SSSR count). The van der Waals surface area contributed by atoms with Gasteiger partial charge in [0, 0.05) is 36.4 Å². The number of carbonyl (C=O) groups is 2. The van der Waals surface area contributed by atoms with Crippen molar-refractivity contribution in [2.45, 2.75) is 39.3 Å². The summed E-state index contributed by atoms with van der Waals surface area (Å²) in [4.78, 5) is 26.9. The van der Waals surface area contributed by atoms with Crippen LogP contribution in [0.4, 0.5) is 10.5 Å². The van der Waals surface area contributed by atoms with Gasteiger partial charge in [-0.05, 0) is 20.8 Å². The third-order valence-corrected chi connectivity index (χ3v) is 4.82. The molecule has 2 heterocycles. The van der Waals surface area contributed by atoms with Crippen LogP contribution in [0, 0.1) is 0 Å². The van der Waals surface area contributed by atoms with Crippen LogP contribution in [0.5, 0.6) is 11.5 Å². The number of ether oxygens (including phenoxy) is 3. The van der Waals surface area contributed by atoms with Gasteiger partial charge in [0.25, 0.3) is 5.91 Å². The van der Waals surface area contributed by atoms with Crippen molar-refractivity contribution < 1.29 is 23.8 Å². The number of benzene rings is 1. The van der Waals surface area contributed by atoms with E-state index in [2.05, 4.69) is 15.5 Å². The molecule has 1 aromatic heterocycles. The molecule has 10 heteroatoms. The minimum atomic E-state index is -0.599. The van der Waals surface area contributed by atoms with Gasteiger partial charge in [-0.15, -0.1) is 0 Å². The van der Waals surface area contributed by atoms with E-state index in [0.29, 0.717) is 40.7 Å². The molecule has 0 unspecified atom stereocenters. The zero-order valence-electron chi connectivity index (χ0n) is 17.6. The van der Waals surface area contributed by atoms with Crippen LogP contribution in [0.25, 0.3) is 0 Å². The molecule has 162 valence electrons. The smallest absolute Gasteiger partial charge is 0.410 e. The number of nitrogens with one attached hydrogen (secondary N) is 2. The molecule has 2 aromatic rings. The number of hydrogen-bond donors (Lipinski definition) is 2. The van der Waals surface area contributed by atoms with Crippen molar-refractivity contribution in [3.8, 4) is 11.5 Å². The Hall–Kier alpha value is -2.94. The number of nitrogens with zero attached hydrogens (tertiary/aromatic N) is 2. The molecular formula is C20H25ClN4O5. The van der Waals surface area contributed by atoms with Crippen molar-refractivity contribution in [1.29, 1.82) is 0 Å². The van der Waals surface area contributed by atoms with Crippen molar-refractivity contribution in [3.05, 3.63) is 34.1 Å². The lowest BCUT2D eigenvalue weighted by Gasteiger charge is -2.30. The molecule has 0 spiro atoms. The van der Waals surface area contributed by atoms with E-state index in [9.17, 15) is 9.59 Å². The number of methoxy groups -OCH3 is 2. The van der Waals surface area contributed by atoms with Crippen molar-refractivity contribution in [1.82, 2.24) is 15.1 Å². The second-order valence-electron chi connectivity index (χ2n) is 7.82. The Labute approximate surface area is 179 Å². The Morgan fingerprint density at radius 2 is 1.90 bits per heavy atom. The summed E-state index contributed by atoms with van der Waals surface area (Å²) >= 11 is 6.12. The quantitative estimate of drug-likeness (QED) is 0.758. The fourth-order valence-electron chi connectivity index (χ4n) is 3.10. The zero-order chi connectivity index (χ0) is 22.1. The Morgan fingerprint density at radius 3 is 2.53 bits per heavy atom. The SMILES string of the molecule is COc1cc(NC(=O)c2n[nH]c3c2CN(C(=O)OC(C)(C)C)CC3)c(OC)cc1Cl. The van der Waals surface area contributed by atoms with Crippen LogP contribution < -0.4 is 14.8 Å². The molecule has 0 radical (unpaired) electrons. The largest absolute Gasteiger partial charge is 0.495 e. The molecule has 1 aliphatic rings. The first-order chi connectivity index (χ1) is 14.1. The lowest BCUT2D eigenvalue weighted by molar-refractivity contribution is 0.0222. The minimum absolute atomic E-state index is 0.203. The number of H-pyrrole nitrogens is 1. The second-order valence-corrected chi connectivity index (χ2v) is 8.23. The summed E-state index contributed by atoms with van der Waals surface area (Å²) in [5.41, 5.74) is 1.47. The zero-order valence-corrected chi connectivity index (χ0v) is 18.3. The van der Waals surface area contributed by atoms with Crippen molar-refractivity contribution in [3.63, 3.8) is 0 Å². The highest BCUT2D eigenvalue weighted by atomic mass is 35.5. The normalized spacial score (nSPS) is 13.5. The molecule has 1 aromatic carbocycles.